The number of benzene rings is 2. The maximum absolute atomic E-state index is 11.2. The van der Waals surface area contributed by atoms with E-state index in [2.05, 4.69) is 0 Å². The molecule has 0 heterocycles. The summed E-state index contributed by atoms with van der Waals surface area (Å²) in [7, 11) is 0. The van der Waals surface area contributed by atoms with Gasteiger partial charge in [0.05, 0.1) is 61.4 Å². The predicted octanol–water partition coefficient (Wildman–Crippen LogP) is -16.0. The number of nitrogens with zero attached hydrogens (tertiary/aromatic N) is 2. The summed E-state index contributed by atoms with van der Waals surface area (Å²) < 4.78 is 11.6. The largest absolute Gasteiger partial charge is 1.00 e. The molecule has 17 heteroatoms. The van der Waals surface area contributed by atoms with E-state index in [1.807, 2.05) is 0 Å². The van der Waals surface area contributed by atoms with Crippen LogP contribution in [0.25, 0.3) is 0 Å². The Balaban J connectivity index is -0.00000400. The third-order valence-corrected chi connectivity index (χ3v) is 5.37. The van der Waals surface area contributed by atoms with E-state index in [-0.39, 0.29) is 242 Å². The number of carboxylic acids is 4. The Morgan fingerprint density at radius 2 is 1.07 bits per heavy atom. The average molecular weight is 700 g/mol. The Morgan fingerprint density at radius 1 is 0.674 bits per heavy atom. The molecule has 0 radical (unpaired) electrons. The van der Waals surface area contributed by atoms with Crippen molar-refractivity contribution in [1.29, 1.82) is 0 Å². The van der Waals surface area contributed by atoms with Crippen molar-refractivity contribution in [2.45, 2.75) is 19.8 Å². The van der Waals surface area contributed by atoms with Crippen LogP contribution in [0.2, 0.25) is 0 Å². The van der Waals surface area contributed by atoms with Crippen LogP contribution in [-0.2, 0) is 25.6 Å². The summed E-state index contributed by atoms with van der Waals surface area (Å²) in [5.41, 5.74) is 7.53. The number of ether oxygens (including phenoxy) is 2. The molecule has 212 valence electrons. The molecule has 0 spiro atoms. The van der Waals surface area contributed by atoms with Crippen LogP contribution in [0, 0.1) is 6.92 Å². The maximum Gasteiger partial charge on any atom is 1.00 e. The SMILES string of the molecule is Cc1ccc(N(CC(=O)[O-])CC(=O)[O-])c(OCCOc2cc(CCCN)ccc2N(CC(=O)[O-])CC(=O)[O-])c1.[K+].[K+].[K+].[K+]. The molecule has 0 aliphatic carbocycles. The number of aryl methyl sites for hydroxylation is 2. The zero-order valence-electron chi connectivity index (χ0n) is 25.4. The number of carboxylic acid groups (broad SMARTS) is 4. The first-order valence-electron chi connectivity index (χ1n) is 12.0. The van der Waals surface area contributed by atoms with Crippen molar-refractivity contribution in [2.24, 2.45) is 5.73 Å². The fourth-order valence-corrected chi connectivity index (χ4v) is 3.77. The van der Waals surface area contributed by atoms with Crippen molar-refractivity contribution in [2.75, 3.05) is 55.7 Å². The van der Waals surface area contributed by atoms with Gasteiger partial charge < -0.3 is 64.6 Å². The van der Waals surface area contributed by atoms with E-state index in [4.69, 9.17) is 15.2 Å². The topological polar surface area (TPSA) is 211 Å². The number of carbonyl (C=O) groups excluding carboxylic acids is 4. The summed E-state index contributed by atoms with van der Waals surface area (Å²) in [4.78, 5) is 46.8. The maximum atomic E-state index is 11.2. The monoisotopic (exact) mass is 699 g/mol. The van der Waals surface area contributed by atoms with Gasteiger partial charge in [0.2, 0.25) is 0 Å². The van der Waals surface area contributed by atoms with E-state index in [0.717, 1.165) is 20.9 Å². The number of hydrogen-bond donors (Lipinski definition) is 1. The van der Waals surface area contributed by atoms with E-state index in [9.17, 15) is 39.6 Å². The van der Waals surface area contributed by atoms with Crippen LogP contribution in [0.1, 0.15) is 17.5 Å². The molecule has 0 fully saturated rings. The molecule has 0 atom stereocenters. The van der Waals surface area contributed by atoms with Gasteiger partial charge in [-0.25, -0.2) is 0 Å². The first-order chi connectivity index (χ1) is 18.5. The number of anilines is 2. The Bertz CT molecular complexity index is 1160. The molecule has 0 bridgehead atoms. The first-order valence-corrected chi connectivity index (χ1v) is 12.0. The number of carbonyl (C=O) groups is 4. The molecule has 13 nitrogen and oxygen atoms in total. The van der Waals surface area contributed by atoms with Gasteiger partial charge in [0.25, 0.3) is 0 Å². The smallest absolute Gasteiger partial charge is 0.548 e. The van der Waals surface area contributed by atoms with Gasteiger partial charge in [-0.15, -0.1) is 0 Å². The van der Waals surface area contributed by atoms with Gasteiger partial charge in [-0.3, -0.25) is 0 Å². The van der Waals surface area contributed by atoms with Crippen LogP contribution >= 0.6 is 0 Å². The Labute approximate surface area is 420 Å². The van der Waals surface area contributed by atoms with E-state index in [0.29, 0.717) is 19.4 Å². The summed E-state index contributed by atoms with van der Waals surface area (Å²) in [6.45, 7) is -0.841. The third-order valence-electron chi connectivity index (χ3n) is 5.37. The first kappa shape index (κ1) is 49.4. The van der Waals surface area contributed by atoms with Gasteiger partial charge in [0, 0.05) is 0 Å². The average Bonchev–Trinajstić information content (AvgIpc) is 2.83. The Kier molecular flexibility index (Phi) is 30.9. The number of rotatable bonds is 18. The van der Waals surface area contributed by atoms with Crippen molar-refractivity contribution < 1.29 is 255 Å². The van der Waals surface area contributed by atoms with Crippen LogP contribution in [0.15, 0.2) is 36.4 Å². The molecular weight excluding hydrogens is 671 g/mol. The fraction of sp³-hybridized carbons (Fsp3) is 0.385. The minimum Gasteiger partial charge on any atom is -0.548 e. The number of hydrogen-bond acceptors (Lipinski definition) is 13. The Morgan fingerprint density at radius 3 is 1.47 bits per heavy atom. The zero-order chi connectivity index (χ0) is 28.9. The van der Waals surface area contributed by atoms with Gasteiger partial charge in [-0.05, 0) is 61.7 Å². The quantitative estimate of drug-likeness (QED) is 0.113. The van der Waals surface area contributed by atoms with Crippen molar-refractivity contribution in [1.82, 2.24) is 0 Å². The van der Waals surface area contributed by atoms with Gasteiger partial charge >= 0.3 is 206 Å². The molecule has 2 N–H and O–H groups in total. The Hall–Kier alpha value is 2.03. The van der Waals surface area contributed by atoms with Crippen LogP contribution in [0.3, 0.4) is 0 Å². The van der Waals surface area contributed by atoms with Crippen LogP contribution in [0.4, 0.5) is 11.4 Å². The second-order valence-corrected chi connectivity index (χ2v) is 8.56. The minimum absolute atomic E-state index is 0. The number of nitrogens with two attached hydrogens (primary N) is 1. The summed E-state index contributed by atoms with van der Waals surface area (Å²) in [5, 5.41) is 44.8. The van der Waals surface area contributed by atoms with Gasteiger partial charge in [0.1, 0.15) is 24.7 Å². The normalized spacial score (nSPS) is 9.53. The summed E-state index contributed by atoms with van der Waals surface area (Å²) in [6.07, 6.45) is 1.28. The van der Waals surface area contributed by atoms with Gasteiger partial charge in [0.15, 0.2) is 0 Å². The molecule has 43 heavy (non-hydrogen) atoms. The van der Waals surface area contributed by atoms with E-state index < -0.39 is 50.1 Å². The second kappa shape index (κ2) is 26.9. The predicted molar refractivity (Wildman–Crippen MR) is 130 cm³/mol. The second-order valence-electron chi connectivity index (χ2n) is 8.56. The van der Waals surface area contributed by atoms with Crippen molar-refractivity contribution in [3.05, 3.63) is 47.5 Å². The molecule has 0 aliphatic rings. The summed E-state index contributed by atoms with van der Waals surface area (Å²) >= 11 is 0. The number of aliphatic carboxylic acids is 4. The molecule has 0 saturated heterocycles. The molecule has 2 aromatic rings. The molecule has 0 saturated carbocycles. The standard InChI is InChI=1S/C26H33N3O10.4K/c1-17-4-6-19(28(13-23(30)31)14-24(32)33)21(11-17)38-9-10-39-22-12-18(3-2-8-27)5-7-20(22)29(15-25(34)35)16-26(36)37;;;;/h4-7,11-12H,2-3,8-10,13-16,27H2,1H3,(H,30,31)(H,32,33)(H,34,35)(H,36,37);;;;/q;4*+1/p-4. The fourth-order valence-electron chi connectivity index (χ4n) is 3.77. The van der Waals surface area contributed by atoms with Crippen LogP contribution < -0.4 is 251 Å². The van der Waals surface area contributed by atoms with Crippen molar-refractivity contribution in [3.63, 3.8) is 0 Å². The van der Waals surface area contributed by atoms with E-state index >= 15 is 0 Å². The van der Waals surface area contributed by atoms with Crippen LogP contribution in [0.5, 0.6) is 11.5 Å². The van der Waals surface area contributed by atoms with Crippen molar-refractivity contribution in [3.8, 4) is 11.5 Å². The third kappa shape index (κ3) is 19.6. The molecule has 0 unspecified atom stereocenters. The molecular formula is C26H29K4N3O10. The molecule has 0 aromatic heterocycles. The minimum atomic E-state index is -1.50. The van der Waals surface area contributed by atoms with E-state index in [1.165, 1.54) is 12.1 Å². The van der Waals surface area contributed by atoms with Crippen molar-refractivity contribution >= 4 is 35.3 Å². The van der Waals surface area contributed by atoms with Crippen LogP contribution in [-0.4, -0.2) is 69.8 Å². The molecule has 0 amide bonds. The van der Waals surface area contributed by atoms with E-state index in [1.54, 1.807) is 31.2 Å². The van der Waals surface area contributed by atoms with Gasteiger partial charge in [-0.1, -0.05) is 12.1 Å². The molecule has 2 aromatic carbocycles. The summed E-state index contributed by atoms with van der Waals surface area (Å²) in [6, 6.07) is 9.63. The molecule has 0 aliphatic heterocycles. The zero-order valence-corrected chi connectivity index (χ0v) is 37.9. The van der Waals surface area contributed by atoms with Gasteiger partial charge in [-0.2, -0.15) is 0 Å². The summed E-state index contributed by atoms with van der Waals surface area (Å²) in [5.74, 6) is -5.61. The molecule has 2 rings (SSSR count).